The Balaban J connectivity index is 2.92. The maximum Gasteiger partial charge on any atom is 0.173 e. The number of benzene rings is 1. The van der Waals surface area contributed by atoms with Crippen LogP contribution in [0.3, 0.4) is 0 Å². The summed E-state index contributed by atoms with van der Waals surface area (Å²) in [4.78, 5) is 10.6. The molecule has 0 atom stereocenters. The Hall–Kier alpha value is -1.71. The molecule has 0 aliphatic carbocycles. The van der Waals surface area contributed by atoms with E-state index in [1.165, 1.54) is 6.07 Å². The number of carbonyl (C=O) groups excluding carboxylic acids is 1. The van der Waals surface area contributed by atoms with E-state index in [1.807, 2.05) is 13.8 Å². The first kappa shape index (κ1) is 12.4. The summed E-state index contributed by atoms with van der Waals surface area (Å²) >= 11 is 0. The predicted molar refractivity (Wildman–Crippen MR) is 56.7 cm³/mol. The molecule has 0 unspecified atom stereocenters. The first-order valence-corrected chi connectivity index (χ1v) is 4.75. The van der Waals surface area contributed by atoms with Gasteiger partial charge in [-0.25, -0.2) is 8.78 Å². The SMILES string of the molecule is CC(C)=CCOc1ccc(F)c(F)c1C=O. The van der Waals surface area contributed by atoms with Crippen molar-refractivity contribution in [2.45, 2.75) is 13.8 Å². The van der Waals surface area contributed by atoms with Gasteiger partial charge < -0.3 is 4.74 Å². The van der Waals surface area contributed by atoms with Crippen LogP contribution in [0.2, 0.25) is 0 Å². The number of carbonyl (C=O) groups is 1. The van der Waals surface area contributed by atoms with Crippen LogP contribution < -0.4 is 4.74 Å². The average molecular weight is 226 g/mol. The Morgan fingerprint density at radius 1 is 1.38 bits per heavy atom. The molecular formula is C12H12F2O2. The van der Waals surface area contributed by atoms with Gasteiger partial charge in [-0.05, 0) is 32.1 Å². The standard InChI is InChI=1S/C12H12F2O2/c1-8(2)5-6-16-11-4-3-10(13)12(14)9(11)7-15/h3-5,7H,6H2,1-2H3. The van der Waals surface area contributed by atoms with E-state index in [1.54, 1.807) is 6.08 Å². The summed E-state index contributed by atoms with van der Waals surface area (Å²) in [7, 11) is 0. The maximum absolute atomic E-state index is 13.1. The Labute approximate surface area is 92.5 Å². The minimum Gasteiger partial charge on any atom is -0.489 e. The van der Waals surface area contributed by atoms with Gasteiger partial charge in [0.1, 0.15) is 12.4 Å². The molecule has 0 bridgehead atoms. The Kier molecular flexibility index (Phi) is 4.17. The van der Waals surface area contributed by atoms with Gasteiger partial charge in [-0.3, -0.25) is 4.79 Å². The van der Waals surface area contributed by atoms with Crippen LogP contribution in [0, 0.1) is 11.6 Å². The lowest BCUT2D eigenvalue weighted by molar-refractivity contribution is 0.111. The van der Waals surface area contributed by atoms with Crippen molar-refractivity contribution < 1.29 is 18.3 Å². The van der Waals surface area contributed by atoms with Crippen LogP contribution in [0.4, 0.5) is 8.78 Å². The Bertz CT molecular complexity index is 421. The van der Waals surface area contributed by atoms with Gasteiger partial charge in [0, 0.05) is 0 Å². The minimum absolute atomic E-state index is 0.0476. The van der Waals surface area contributed by atoms with E-state index < -0.39 is 11.6 Å². The number of halogens is 2. The molecule has 4 heteroatoms. The van der Waals surface area contributed by atoms with Gasteiger partial charge in [0.25, 0.3) is 0 Å². The molecule has 16 heavy (non-hydrogen) atoms. The van der Waals surface area contributed by atoms with Crippen LogP contribution in [0.25, 0.3) is 0 Å². The molecule has 2 nitrogen and oxygen atoms in total. The first-order valence-electron chi connectivity index (χ1n) is 4.75. The van der Waals surface area contributed by atoms with Gasteiger partial charge in [-0.2, -0.15) is 0 Å². The number of rotatable bonds is 4. The number of aldehydes is 1. The number of ether oxygens (including phenoxy) is 1. The molecule has 0 spiro atoms. The molecule has 0 amide bonds. The fourth-order valence-electron chi connectivity index (χ4n) is 1.08. The highest BCUT2D eigenvalue weighted by molar-refractivity contribution is 5.79. The molecule has 0 saturated carbocycles. The van der Waals surface area contributed by atoms with Crippen molar-refractivity contribution in [1.29, 1.82) is 0 Å². The second-order valence-electron chi connectivity index (χ2n) is 3.48. The second-order valence-corrected chi connectivity index (χ2v) is 3.48. The van der Waals surface area contributed by atoms with Crippen molar-refractivity contribution in [1.82, 2.24) is 0 Å². The highest BCUT2D eigenvalue weighted by Gasteiger charge is 2.13. The van der Waals surface area contributed by atoms with E-state index in [2.05, 4.69) is 0 Å². The summed E-state index contributed by atoms with van der Waals surface area (Å²) in [5.41, 5.74) is 0.650. The van der Waals surface area contributed by atoms with E-state index in [0.29, 0.717) is 0 Å². The van der Waals surface area contributed by atoms with Crippen LogP contribution in [0.1, 0.15) is 24.2 Å². The van der Waals surface area contributed by atoms with Gasteiger partial charge in [0.15, 0.2) is 17.9 Å². The van der Waals surface area contributed by atoms with Crippen LogP contribution in [-0.4, -0.2) is 12.9 Å². The molecule has 1 aromatic rings. The monoisotopic (exact) mass is 226 g/mol. The van der Waals surface area contributed by atoms with Crippen LogP contribution in [0.15, 0.2) is 23.8 Å². The van der Waals surface area contributed by atoms with Gasteiger partial charge in [0.2, 0.25) is 0 Å². The summed E-state index contributed by atoms with van der Waals surface area (Å²) in [6.45, 7) is 3.98. The van der Waals surface area contributed by atoms with Gasteiger partial charge >= 0.3 is 0 Å². The lowest BCUT2D eigenvalue weighted by atomic mass is 10.2. The summed E-state index contributed by atoms with van der Waals surface area (Å²) in [5.74, 6) is -2.19. The van der Waals surface area contributed by atoms with E-state index in [9.17, 15) is 13.6 Å². The highest BCUT2D eigenvalue weighted by Crippen LogP contribution is 2.22. The van der Waals surface area contributed by atoms with Crippen LogP contribution >= 0.6 is 0 Å². The minimum atomic E-state index is -1.18. The highest BCUT2D eigenvalue weighted by atomic mass is 19.2. The number of hydrogen-bond donors (Lipinski definition) is 0. The molecule has 0 fully saturated rings. The first-order chi connectivity index (χ1) is 7.56. The zero-order chi connectivity index (χ0) is 12.1. The van der Waals surface area contributed by atoms with Crippen molar-refractivity contribution in [2.75, 3.05) is 6.61 Å². The van der Waals surface area contributed by atoms with Crippen molar-refractivity contribution in [2.24, 2.45) is 0 Å². The van der Waals surface area contributed by atoms with Crippen molar-refractivity contribution in [3.63, 3.8) is 0 Å². The second kappa shape index (κ2) is 5.39. The largest absolute Gasteiger partial charge is 0.489 e. The quantitative estimate of drug-likeness (QED) is 0.582. The normalized spacial score (nSPS) is 9.75. The van der Waals surface area contributed by atoms with Crippen molar-refractivity contribution >= 4 is 6.29 Å². The molecule has 0 heterocycles. The summed E-state index contributed by atoms with van der Waals surface area (Å²) in [5, 5.41) is 0. The summed E-state index contributed by atoms with van der Waals surface area (Å²) < 4.78 is 31.1. The van der Waals surface area contributed by atoms with Crippen LogP contribution in [0.5, 0.6) is 5.75 Å². The number of allylic oxidation sites excluding steroid dienone is 1. The van der Waals surface area contributed by atoms with Gasteiger partial charge in [-0.1, -0.05) is 5.57 Å². The molecule has 0 N–H and O–H groups in total. The van der Waals surface area contributed by atoms with Crippen molar-refractivity contribution in [3.05, 3.63) is 41.0 Å². The maximum atomic E-state index is 13.1. The molecule has 1 rings (SSSR count). The average Bonchev–Trinajstić information content (AvgIpc) is 2.23. The van der Waals surface area contributed by atoms with E-state index in [-0.39, 0.29) is 24.2 Å². The molecule has 0 aliphatic heterocycles. The number of hydrogen-bond acceptors (Lipinski definition) is 2. The third-order valence-corrected chi connectivity index (χ3v) is 1.94. The van der Waals surface area contributed by atoms with Crippen molar-refractivity contribution in [3.8, 4) is 5.75 Å². The van der Waals surface area contributed by atoms with E-state index in [0.717, 1.165) is 11.6 Å². The zero-order valence-electron chi connectivity index (χ0n) is 9.09. The van der Waals surface area contributed by atoms with E-state index in [4.69, 9.17) is 4.74 Å². The lowest BCUT2D eigenvalue weighted by Gasteiger charge is -2.07. The fourth-order valence-corrected chi connectivity index (χ4v) is 1.08. The fraction of sp³-hybridized carbons (Fsp3) is 0.250. The molecular weight excluding hydrogens is 214 g/mol. The molecule has 1 aromatic carbocycles. The van der Waals surface area contributed by atoms with Crippen LogP contribution in [-0.2, 0) is 0 Å². The predicted octanol–water partition coefficient (Wildman–Crippen LogP) is 3.12. The van der Waals surface area contributed by atoms with Gasteiger partial charge in [-0.15, -0.1) is 0 Å². The molecule has 0 radical (unpaired) electrons. The molecule has 0 saturated heterocycles. The molecule has 0 aromatic heterocycles. The summed E-state index contributed by atoms with van der Waals surface area (Å²) in [6, 6.07) is 2.17. The topological polar surface area (TPSA) is 26.3 Å². The summed E-state index contributed by atoms with van der Waals surface area (Å²) in [6.07, 6.45) is 2.02. The lowest BCUT2D eigenvalue weighted by Crippen LogP contribution is -2.01. The zero-order valence-corrected chi connectivity index (χ0v) is 9.09. The van der Waals surface area contributed by atoms with E-state index >= 15 is 0 Å². The van der Waals surface area contributed by atoms with Gasteiger partial charge in [0.05, 0.1) is 5.56 Å². The molecule has 0 aliphatic rings. The Morgan fingerprint density at radius 3 is 2.62 bits per heavy atom. The smallest absolute Gasteiger partial charge is 0.173 e. The molecule has 86 valence electrons. The third-order valence-electron chi connectivity index (χ3n) is 1.94. The Morgan fingerprint density at radius 2 is 2.06 bits per heavy atom. The third kappa shape index (κ3) is 2.89.